The second kappa shape index (κ2) is 6.10. The van der Waals surface area contributed by atoms with Crippen LogP contribution in [0.2, 0.25) is 0 Å². The first-order chi connectivity index (χ1) is 9.97. The summed E-state index contributed by atoms with van der Waals surface area (Å²) in [6.07, 6.45) is 0. The van der Waals surface area contributed by atoms with E-state index in [1.807, 2.05) is 28.7 Å². The first-order valence-corrected chi connectivity index (χ1v) is 7.08. The number of esters is 1. The molecule has 1 aromatic carbocycles. The second-order valence-corrected chi connectivity index (χ2v) is 5.53. The van der Waals surface area contributed by atoms with Crippen molar-refractivity contribution in [3.63, 3.8) is 0 Å². The molecule has 1 aromatic heterocycles. The van der Waals surface area contributed by atoms with E-state index in [0.717, 1.165) is 0 Å². The van der Waals surface area contributed by atoms with Crippen LogP contribution in [0.5, 0.6) is 0 Å². The summed E-state index contributed by atoms with van der Waals surface area (Å²) in [6, 6.07) is 8.73. The van der Waals surface area contributed by atoms with Gasteiger partial charge in [0.1, 0.15) is 11.6 Å². The van der Waals surface area contributed by atoms with Crippen LogP contribution in [0, 0.1) is 21.8 Å². The van der Waals surface area contributed by atoms with Crippen molar-refractivity contribution in [1.82, 2.24) is 4.98 Å². The van der Waals surface area contributed by atoms with Gasteiger partial charge in [-0.3, -0.25) is 4.79 Å². The van der Waals surface area contributed by atoms with Gasteiger partial charge in [0.05, 0.1) is 12.7 Å². The van der Waals surface area contributed by atoms with Gasteiger partial charge >= 0.3 is 5.97 Å². The highest BCUT2D eigenvalue weighted by Crippen LogP contribution is 2.26. The molecule has 0 spiro atoms. The molecule has 0 saturated heterocycles. The highest BCUT2D eigenvalue weighted by molar-refractivity contribution is 14.1. The van der Waals surface area contributed by atoms with Crippen LogP contribution in [0.4, 0.5) is 0 Å². The summed E-state index contributed by atoms with van der Waals surface area (Å²) in [6.45, 7) is 1.75. The predicted octanol–water partition coefficient (Wildman–Crippen LogP) is 2.61. The summed E-state index contributed by atoms with van der Waals surface area (Å²) >= 11 is 2.02. The van der Waals surface area contributed by atoms with Crippen molar-refractivity contribution in [3.8, 4) is 17.2 Å². The molecule has 5 nitrogen and oxygen atoms in total. The SMILES string of the molecule is COC(=O)c1ccc(-c2cc(C)[nH]c(=O)c2C#N)cc1I. The molecule has 0 radical (unpaired) electrons. The number of carbonyl (C=O) groups excluding carboxylic acids is 1. The maximum Gasteiger partial charge on any atom is 0.338 e. The molecule has 0 atom stereocenters. The zero-order valence-corrected chi connectivity index (χ0v) is 13.5. The van der Waals surface area contributed by atoms with Gasteiger partial charge in [0.15, 0.2) is 0 Å². The Hall–Kier alpha value is -2.14. The number of H-pyrrole nitrogens is 1. The minimum atomic E-state index is -0.423. The number of carbonyl (C=O) groups is 1. The molecule has 6 heteroatoms. The van der Waals surface area contributed by atoms with Gasteiger partial charge in [-0.05, 0) is 53.3 Å². The number of rotatable bonds is 2. The predicted molar refractivity (Wildman–Crippen MR) is 86.0 cm³/mol. The highest BCUT2D eigenvalue weighted by atomic mass is 127. The zero-order chi connectivity index (χ0) is 15.6. The maximum absolute atomic E-state index is 11.8. The summed E-state index contributed by atoms with van der Waals surface area (Å²) in [4.78, 5) is 26.0. The molecule has 0 bridgehead atoms. The van der Waals surface area contributed by atoms with Crippen LogP contribution < -0.4 is 5.56 Å². The Kier molecular flexibility index (Phi) is 4.43. The van der Waals surface area contributed by atoms with Gasteiger partial charge in [0.25, 0.3) is 5.56 Å². The lowest BCUT2D eigenvalue weighted by Crippen LogP contribution is -2.13. The lowest BCUT2D eigenvalue weighted by molar-refractivity contribution is 0.0599. The molecule has 2 rings (SSSR count). The smallest absolute Gasteiger partial charge is 0.338 e. The summed E-state index contributed by atoms with van der Waals surface area (Å²) < 4.78 is 5.39. The first kappa shape index (κ1) is 15.3. The van der Waals surface area contributed by atoms with E-state index >= 15 is 0 Å². The molecule has 0 saturated carbocycles. The molecular formula is C15H11IN2O3. The Labute approximate surface area is 134 Å². The first-order valence-electron chi connectivity index (χ1n) is 6.00. The van der Waals surface area contributed by atoms with Crippen LogP contribution in [0.25, 0.3) is 11.1 Å². The number of benzene rings is 1. The Morgan fingerprint density at radius 3 is 2.67 bits per heavy atom. The number of aromatic nitrogens is 1. The van der Waals surface area contributed by atoms with Gasteiger partial charge in [-0.15, -0.1) is 0 Å². The van der Waals surface area contributed by atoms with Crippen LogP contribution in [-0.4, -0.2) is 18.1 Å². The van der Waals surface area contributed by atoms with E-state index < -0.39 is 11.5 Å². The molecule has 0 aliphatic heterocycles. The minimum Gasteiger partial charge on any atom is -0.465 e. The summed E-state index contributed by atoms with van der Waals surface area (Å²) in [5.74, 6) is -0.423. The number of hydrogen-bond donors (Lipinski definition) is 1. The fraction of sp³-hybridized carbons (Fsp3) is 0.133. The largest absolute Gasteiger partial charge is 0.465 e. The Morgan fingerprint density at radius 2 is 2.10 bits per heavy atom. The monoisotopic (exact) mass is 394 g/mol. The van der Waals surface area contributed by atoms with Crippen LogP contribution in [0.3, 0.4) is 0 Å². The van der Waals surface area contributed by atoms with Gasteiger partial charge in [0, 0.05) is 14.8 Å². The average molecular weight is 394 g/mol. The Morgan fingerprint density at radius 1 is 1.38 bits per heavy atom. The lowest BCUT2D eigenvalue weighted by Gasteiger charge is -2.08. The van der Waals surface area contributed by atoms with E-state index in [-0.39, 0.29) is 5.56 Å². The van der Waals surface area contributed by atoms with Crippen LogP contribution in [0.1, 0.15) is 21.6 Å². The third-order valence-electron chi connectivity index (χ3n) is 2.97. The van der Waals surface area contributed by atoms with E-state index in [9.17, 15) is 9.59 Å². The molecule has 2 aromatic rings. The van der Waals surface area contributed by atoms with E-state index in [1.54, 1.807) is 31.2 Å². The van der Waals surface area contributed by atoms with Crippen molar-refractivity contribution in [2.75, 3.05) is 7.11 Å². The number of nitriles is 1. The standard InChI is InChI=1S/C15H11IN2O3/c1-8-5-11(12(7-17)14(19)18-8)9-3-4-10(13(16)6-9)15(20)21-2/h3-6H,1-2H3,(H,18,19). The molecule has 1 heterocycles. The molecular weight excluding hydrogens is 383 g/mol. The fourth-order valence-electron chi connectivity index (χ4n) is 1.99. The van der Waals surface area contributed by atoms with Crippen molar-refractivity contribution in [2.45, 2.75) is 6.92 Å². The fourth-order valence-corrected chi connectivity index (χ4v) is 2.72. The van der Waals surface area contributed by atoms with Crippen molar-refractivity contribution in [2.24, 2.45) is 0 Å². The van der Waals surface area contributed by atoms with Gasteiger partial charge in [-0.2, -0.15) is 5.26 Å². The number of nitrogens with zero attached hydrogens (tertiary/aromatic N) is 1. The number of ether oxygens (including phenoxy) is 1. The Bertz CT molecular complexity index is 819. The minimum absolute atomic E-state index is 0.0576. The van der Waals surface area contributed by atoms with E-state index in [2.05, 4.69) is 4.98 Å². The number of pyridine rings is 1. The molecule has 0 unspecified atom stereocenters. The zero-order valence-electron chi connectivity index (χ0n) is 11.4. The molecule has 1 N–H and O–H groups in total. The number of methoxy groups -OCH3 is 1. The number of nitrogens with one attached hydrogen (secondary N) is 1. The molecule has 0 aliphatic rings. The van der Waals surface area contributed by atoms with Crippen molar-refractivity contribution < 1.29 is 9.53 Å². The summed E-state index contributed by atoms with van der Waals surface area (Å²) in [5, 5.41) is 9.16. The Balaban J connectivity index is 2.64. The van der Waals surface area contributed by atoms with E-state index in [4.69, 9.17) is 10.00 Å². The van der Waals surface area contributed by atoms with Gasteiger partial charge in [-0.1, -0.05) is 6.07 Å². The third-order valence-corrected chi connectivity index (χ3v) is 3.86. The topological polar surface area (TPSA) is 83.0 Å². The third kappa shape index (κ3) is 2.97. The molecule has 106 valence electrons. The number of hydrogen-bond acceptors (Lipinski definition) is 4. The van der Waals surface area contributed by atoms with Crippen molar-refractivity contribution in [3.05, 3.63) is 55.0 Å². The summed E-state index contributed by atoms with van der Waals surface area (Å²) in [7, 11) is 1.32. The van der Waals surface area contributed by atoms with E-state index in [1.165, 1.54) is 7.11 Å². The molecule has 0 aliphatic carbocycles. The van der Waals surface area contributed by atoms with Gasteiger partial charge in [-0.25, -0.2) is 4.79 Å². The highest BCUT2D eigenvalue weighted by Gasteiger charge is 2.14. The van der Waals surface area contributed by atoms with Crippen molar-refractivity contribution >= 4 is 28.6 Å². The number of halogens is 1. The molecule has 0 fully saturated rings. The molecule has 0 amide bonds. The van der Waals surface area contributed by atoms with Crippen LogP contribution in [0.15, 0.2) is 29.1 Å². The van der Waals surface area contributed by atoms with Gasteiger partial charge in [0.2, 0.25) is 0 Å². The second-order valence-electron chi connectivity index (χ2n) is 4.37. The quantitative estimate of drug-likeness (QED) is 0.627. The number of aromatic amines is 1. The van der Waals surface area contributed by atoms with E-state index in [0.29, 0.717) is 26.0 Å². The van der Waals surface area contributed by atoms with Crippen LogP contribution >= 0.6 is 22.6 Å². The van der Waals surface area contributed by atoms with Gasteiger partial charge < -0.3 is 9.72 Å². The summed E-state index contributed by atoms with van der Waals surface area (Å²) in [5.41, 5.74) is 2.01. The molecule has 21 heavy (non-hydrogen) atoms. The van der Waals surface area contributed by atoms with Crippen molar-refractivity contribution in [1.29, 1.82) is 5.26 Å². The van der Waals surface area contributed by atoms with Crippen LogP contribution in [-0.2, 0) is 4.74 Å². The average Bonchev–Trinajstić information content (AvgIpc) is 2.45. The normalized spacial score (nSPS) is 10.0. The maximum atomic E-state index is 11.8. The lowest BCUT2D eigenvalue weighted by atomic mass is 10.00. The number of aryl methyl sites for hydroxylation is 1.